The second-order valence-electron chi connectivity index (χ2n) is 3.29. The minimum Gasteiger partial charge on any atom is -0.334 e. The van der Waals surface area contributed by atoms with Gasteiger partial charge in [0.2, 0.25) is 0 Å². The third-order valence-corrected chi connectivity index (χ3v) is 1.93. The van der Waals surface area contributed by atoms with Gasteiger partial charge in [-0.25, -0.2) is 0 Å². The number of aromatic nitrogens is 2. The van der Waals surface area contributed by atoms with Gasteiger partial charge >= 0.3 is 6.01 Å². The molecule has 0 aromatic carbocycles. The third kappa shape index (κ3) is 2.57. The number of rotatable bonds is 4. The third-order valence-electron chi connectivity index (χ3n) is 1.93. The molecule has 70 valence electrons. The van der Waals surface area contributed by atoms with Crippen LogP contribution in [0.25, 0.3) is 0 Å². The van der Waals surface area contributed by atoms with Crippen molar-refractivity contribution >= 4 is 6.01 Å². The van der Waals surface area contributed by atoms with Crippen molar-refractivity contribution in [3.8, 4) is 0 Å². The summed E-state index contributed by atoms with van der Waals surface area (Å²) in [5, 5.41) is 6.69. The van der Waals surface area contributed by atoms with Crippen LogP contribution < -0.4 is 5.32 Å². The Labute approximate surface area is 77.0 Å². The molecule has 13 heavy (non-hydrogen) atoms. The zero-order chi connectivity index (χ0) is 9.10. The molecule has 0 saturated heterocycles. The maximum absolute atomic E-state index is 4.88. The highest BCUT2D eigenvalue weighted by atomic mass is 16.5. The normalized spacial score (nSPS) is 16.7. The van der Waals surface area contributed by atoms with Crippen LogP contribution in [0.4, 0.5) is 6.01 Å². The minimum atomic E-state index is 0.498. The van der Waals surface area contributed by atoms with Crippen LogP contribution in [0, 0.1) is 12.8 Å². The van der Waals surface area contributed by atoms with Gasteiger partial charge in [-0.15, -0.1) is 0 Å². The van der Waals surface area contributed by atoms with E-state index in [0.717, 1.165) is 12.5 Å². The Morgan fingerprint density at radius 1 is 1.62 bits per heavy atom. The molecule has 0 spiro atoms. The topological polar surface area (TPSA) is 51.0 Å². The van der Waals surface area contributed by atoms with Crippen LogP contribution in [0.5, 0.6) is 0 Å². The highest BCUT2D eigenvalue weighted by molar-refractivity contribution is 5.19. The van der Waals surface area contributed by atoms with Crippen molar-refractivity contribution in [3.63, 3.8) is 0 Å². The molecule has 1 fully saturated rings. The molecule has 4 heteroatoms. The van der Waals surface area contributed by atoms with E-state index < -0.39 is 0 Å². The van der Waals surface area contributed by atoms with Gasteiger partial charge in [0.15, 0.2) is 5.82 Å². The monoisotopic (exact) mass is 179 g/mol. The van der Waals surface area contributed by atoms with Crippen molar-refractivity contribution in [3.05, 3.63) is 18.0 Å². The van der Waals surface area contributed by atoms with Gasteiger partial charge in [0, 0.05) is 6.54 Å². The first-order valence-corrected chi connectivity index (χ1v) is 4.55. The van der Waals surface area contributed by atoms with E-state index in [9.17, 15) is 0 Å². The van der Waals surface area contributed by atoms with Gasteiger partial charge in [-0.2, -0.15) is 4.98 Å². The van der Waals surface area contributed by atoms with Gasteiger partial charge < -0.3 is 9.84 Å². The lowest BCUT2D eigenvalue weighted by Gasteiger charge is -1.92. The van der Waals surface area contributed by atoms with Gasteiger partial charge in [0.1, 0.15) is 0 Å². The molecule has 0 aliphatic heterocycles. The van der Waals surface area contributed by atoms with Gasteiger partial charge in [-0.05, 0) is 25.7 Å². The fourth-order valence-electron chi connectivity index (χ4n) is 1.06. The number of nitrogens with one attached hydrogen (secondary N) is 1. The standard InChI is InChI=1S/C9H13N3O/c1-7-11-9(13-12-7)10-6-2-3-8-4-5-8/h2-3,8H,4-6H2,1H3,(H,10,11,12)/b3-2+. The van der Waals surface area contributed by atoms with E-state index >= 15 is 0 Å². The van der Waals surface area contributed by atoms with Crippen LogP contribution in [-0.2, 0) is 0 Å². The molecule has 0 radical (unpaired) electrons. The number of anilines is 1. The van der Waals surface area contributed by atoms with Gasteiger partial charge in [-0.3, -0.25) is 0 Å². The van der Waals surface area contributed by atoms with Crippen LogP contribution in [0.3, 0.4) is 0 Å². The fraction of sp³-hybridized carbons (Fsp3) is 0.556. The summed E-state index contributed by atoms with van der Waals surface area (Å²) < 4.78 is 4.88. The van der Waals surface area contributed by atoms with Crippen molar-refractivity contribution in [1.82, 2.24) is 10.1 Å². The van der Waals surface area contributed by atoms with E-state index in [1.54, 1.807) is 6.92 Å². The molecule has 0 bridgehead atoms. The summed E-state index contributed by atoms with van der Waals surface area (Å²) >= 11 is 0. The molecule has 1 aromatic rings. The highest BCUT2D eigenvalue weighted by Crippen LogP contribution is 2.29. The van der Waals surface area contributed by atoms with Crippen molar-refractivity contribution in [1.29, 1.82) is 0 Å². The Bertz CT molecular complexity index is 302. The average molecular weight is 179 g/mol. The molecule has 0 atom stereocenters. The van der Waals surface area contributed by atoms with Gasteiger partial charge in [0.05, 0.1) is 0 Å². The highest BCUT2D eigenvalue weighted by Gasteiger charge is 2.16. The number of nitrogens with zero attached hydrogens (tertiary/aromatic N) is 2. The van der Waals surface area contributed by atoms with E-state index in [0.29, 0.717) is 11.8 Å². The first-order chi connectivity index (χ1) is 6.34. The van der Waals surface area contributed by atoms with Crippen molar-refractivity contribution < 1.29 is 4.52 Å². The summed E-state index contributed by atoms with van der Waals surface area (Å²) in [5.41, 5.74) is 0. The Kier molecular flexibility index (Phi) is 2.29. The van der Waals surface area contributed by atoms with Gasteiger partial charge in [0.25, 0.3) is 0 Å². The molecule has 2 rings (SSSR count). The van der Waals surface area contributed by atoms with E-state index in [4.69, 9.17) is 4.52 Å². The van der Waals surface area contributed by atoms with E-state index in [-0.39, 0.29) is 0 Å². The summed E-state index contributed by atoms with van der Waals surface area (Å²) in [6.45, 7) is 2.56. The first-order valence-electron chi connectivity index (χ1n) is 4.55. The molecule has 1 aliphatic carbocycles. The Morgan fingerprint density at radius 3 is 3.08 bits per heavy atom. The first kappa shape index (κ1) is 8.29. The van der Waals surface area contributed by atoms with Gasteiger partial charge in [-0.1, -0.05) is 17.3 Å². The van der Waals surface area contributed by atoms with Crippen LogP contribution in [-0.4, -0.2) is 16.7 Å². The summed E-state index contributed by atoms with van der Waals surface area (Å²) in [6, 6.07) is 0.498. The second-order valence-corrected chi connectivity index (χ2v) is 3.29. The quantitative estimate of drug-likeness (QED) is 0.715. The molecule has 1 saturated carbocycles. The van der Waals surface area contributed by atoms with Crippen LogP contribution >= 0.6 is 0 Å². The molecule has 1 heterocycles. The zero-order valence-corrected chi connectivity index (χ0v) is 7.66. The summed E-state index contributed by atoms with van der Waals surface area (Å²) in [7, 11) is 0. The van der Waals surface area contributed by atoms with E-state index in [1.165, 1.54) is 12.8 Å². The minimum absolute atomic E-state index is 0.498. The molecular formula is C9H13N3O. The summed E-state index contributed by atoms with van der Waals surface area (Å²) in [4.78, 5) is 4.02. The Morgan fingerprint density at radius 2 is 2.46 bits per heavy atom. The number of aryl methyl sites for hydroxylation is 1. The maximum Gasteiger partial charge on any atom is 0.321 e. The van der Waals surface area contributed by atoms with E-state index in [1.807, 2.05) is 0 Å². The Hall–Kier alpha value is -1.32. The molecular weight excluding hydrogens is 166 g/mol. The number of hydrogen-bond acceptors (Lipinski definition) is 4. The fourth-order valence-corrected chi connectivity index (χ4v) is 1.06. The SMILES string of the molecule is Cc1noc(NC/C=C/C2CC2)n1. The summed E-state index contributed by atoms with van der Waals surface area (Å²) in [5.74, 6) is 1.49. The molecule has 1 N–H and O–H groups in total. The van der Waals surface area contributed by atoms with Crippen molar-refractivity contribution in [2.24, 2.45) is 5.92 Å². The lowest BCUT2D eigenvalue weighted by atomic mass is 10.4. The maximum atomic E-state index is 4.88. The smallest absolute Gasteiger partial charge is 0.321 e. The zero-order valence-electron chi connectivity index (χ0n) is 7.66. The van der Waals surface area contributed by atoms with Crippen molar-refractivity contribution in [2.45, 2.75) is 19.8 Å². The van der Waals surface area contributed by atoms with Crippen LogP contribution in [0.1, 0.15) is 18.7 Å². The Balaban J connectivity index is 1.72. The lowest BCUT2D eigenvalue weighted by molar-refractivity contribution is 0.426. The molecule has 1 aliphatic rings. The van der Waals surface area contributed by atoms with E-state index in [2.05, 4.69) is 27.6 Å². The largest absolute Gasteiger partial charge is 0.334 e. The molecule has 1 aromatic heterocycles. The molecule has 0 unspecified atom stereocenters. The van der Waals surface area contributed by atoms with Crippen molar-refractivity contribution in [2.75, 3.05) is 11.9 Å². The van der Waals surface area contributed by atoms with Crippen LogP contribution in [0.15, 0.2) is 16.7 Å². The summed E-state index contributed by atoms with van der Waals surface area (Å²) in [6.07, 6.45) is 7.03. The van der Waals surface area contributed by atoms with Crippen LogP contribution in [0.2, 0.25) is 0 Å². The number of allylic oxidation sites excluding steroid dienone is 1. The second kappa shape index (κ2) is 3.60. The molecule has 4 nitrogen and oxygen atoms in total. The number of hydrogen-bond donors (Lipinski definition) is 1. The molecule has 0 amide bonds. The predicted octanol–water partition coefficient (Wildman–Crippen LogP) is 1.76. The predicted molar refractivity (Wildman–Crippen MR) is 49.4 cm³/mol. The lowest BCUT2D eigenvalue weighted by Crippen LogP contribution is -1.98. The average Bonchev–Trinajstić information content (AvgIpc) is 2.84.